The molecular weight excluding hydrogens is 406 g/mol. The molecular formula is C23H24F2N2O4. The van der Waals surface area contributed by atoms with Crippen molar-refractivity contribution < 1.29 is 27.8 Å². The quantitative estimate of drug-likeness (QED) is 0.642. The number of hydrogen-bond donors (Lipinski definition) is 1. The van der Waals surface area contributed by atoms with E-state index in [1.54, 1.807) is 20.8 Å². The van der Waals surface area contributed by atoms with Gasteiger partial charge in [-0.25, -0.2) is 9.59 Å². The Balaban J connectivity index is 1.98. The Morgan fingerprint density at radius 2 is 1.74 bits per heavy atom. The van der Waals surface area contributed by atoms with E-state index in [1.165, 1.54) is 29.2 Å². The van der Waals surface area contributed by atoms with E-state index < -0.39 is 18.6 Å². The molecule has 3 rings (SSSR count). The molecule has 1 atom stereocenters. The third kappa shape index (κ3) is 5.39. The minimum Gasteiger partial charge on any atom is -0.459 e. The third-order valence-electron chi connectivity index (χ3n) is 4.78. The number of allylic oxidation sites excluding steroid dienone is 1. The minimum atomic E-state index is -2.94. The summed E-state index contributed by atoms with van der Waals surface area (Å²) >= 11 is 0. The van der Waals surface area contributed by atoms with Gasteiger partial charge >= 0.3 is 18.6 Å². The van der Waals surface area contributed by atoms with Crippen molar-refractivity contribution in [2.24, 2.45) is 0 Å². The van der Waals surface area contributed by atoms with Crippen LogP contribution in [-0.4, -0.2) is 29.6 Å². The summed E-state index contributed by atoms with van der Waals surface area (Å²) in [6.45, 7) is 2.51. The predicted octanol–water partition coefficient (Wildman–Crippen LogP) is 4.78. The Kier molecular flexibility index (Phi) is 6.89. The molecule has 164 valence electrons. The summed E-state index contributed by atoms with van der Waals surface area (Å²) in [7, 11) is 0. The van der Waals surface area contributed by atoms with Gasteiger partial charge in [0.15, 0.2) is 0 Å². The van der Waals surface area contributed by atoms with Crippen LogP contribution in [-0.2, 0) is 16.1 Å². The second-order valence-corrected chi connectivity index (χ2v) is 7.35. The Morgan fingerprint density at radius 3 is 2.32 bits per heavy atom. The average molecular weight is 430 g/mol. The van der Waals surface area contributed by atoms with Gasteiger partial charge in [0.2, 0.25) is 0 Å². The lowest BCUT2D eigenvalue weighted by Gasteiger charge is -2.35. The van der Waals surface area contributed by atoms with Crippen molar-refractivity contribution in [1.82, 2.24) is 10.2 Å². The van der Waals surface area contributed by atoms with Gasteiger partial charge in [0.05, 0.1) is 24.3 Å². The number of urea groups is 1. The number of nitrogens with one attached hydrogen (secondary N) is 1. The van der Waals surface area contributed by atoms with Crippen LogP contribution in [0.5, 0.6) is 5.75 Å². The van der Waals surface area contributed by atoms with Crippen LogP contribution in [0.2, 0.25) is 0 Å². The highest BCUT2D eigenvalue weighted by atomic mass is 19.3. The van der Waals surface area contributed by atoms with Gasteiger partial charge in [-0.2, -0.15) is 8.78 Å². The Morgan fingerprint density at radius 1 is 1.10 bits per heavy atom. The van der Waals surface area contributed by atoms with E-state index in [1.807, 2.05) is 30.3 Å². The first-order valence-corrected chi connectivity index (χ1v) is 9.84. The smallest absolute Gasteiger partial charge is 0.387 e. The number of rotatable bonds is 7. The predicted molar refractivity (Wildman–Crippen MR) is 110 cm³/mol. The van der Waals surface area contributed by atoms with Crippen LogP contribution >= 0.6 is 0 Å². The third-order valence-corrected chi connectivity index (χ3v) is 4.78. The largest absolute Gasteiger partial charge is 0.459 e. The van der Waals surface area contributed by atoms with E-state index in [9.17, 15) is 18.4 Å². The fraction of sp³-hybridized carbons (Fsp3) is 0.304. The van der Waals surface area contributed by atoms with Crippen molar-refractivity contribution in [2.75, 3.05) is 0 Å². The molecule has 1 aliphatic rings. The maximum absolute atomic E-state index is 12.9. The molecule has 31 heavy (non-hydrogen) atoms. The highest BCUT2D eigenvalue weighted by Gasteiger charge is 2.36. The molecule has 6 nitrogen and oxygen atoms in total. The number of alkyl halides is 2. The summed E-state index contributed by atoms with van der Waals surface area (Å²) in [5.41, 5.74) is 2.20. The number of benzene rings is 2. The summed E-state index contributed by atoms with van der Waals surface area (Å²) in [6.07, 6.45) is -0.351. The van der Waals surface area contributed by atoms with Crippen LogP contribution in [0.4, 0.5) is 13.6 Å². The van der Waals surface area contributed by atoms with E-state index >= 15 is 0 Å². The van der Waals surface area contributed by atoms with E-state index in [-0.39, 0.29) is 30.0 Å². The maximum Gasteiger partial charge on any atom is 0.387 e. The molecule has 2 aromatic carbocycles. The van der Waals surface area contributed by atoms with Crippen LogP contribution in [0.1, 0.15) is 37.9 Å². The number of halogens is 2. The molecule has 0 saturated carbocycles. The molecule has 8 heteroatoms. The lowest BCUT2D eigenvalue weighted by atomic mass is 9.94. The lowest BCUT2D eigenvalue weighted by molar-refractivity contribution is -0.143. The van der Waals surface area contributed by atoms with Crippen LogP contribution in [0.25, 0.3) is 0 Å². The standard InChI is InChI=1S/C23H24F2N2O4/c1-14(2)30-21(28)19-15(3)27(13-16-7-5-4-6-8-16)23(29)26-20(19)17-9-11-18(12-10-17)31-22(24)25/h4-12,14,20,22H,13H2,1-3H3,(H,26,29). The summed E-state index contributed by atoms with van der Waals surface area (Å²) in [6, 6.07) is 14.0. The second kappa shape index (κ2) is 9.59. The van der Waals surface area contributed by atoms with Gasteiger partial charge in [0, 0.05) is 5.70 Å². The van der Waals surface area contributed by atoms with Crippen LogP contribution < -0.4 is 10.1 Å². The number of ether oxygens (including phenoxy) is 2. The van der Waals surface area contributed by atoms with Crippen molar-refractivity contribution in [3.05, 3.63) is 77.0 Å². The van der Waals surface area contributed by atoms with Gasteiger partial charge in [0.1, 0.15) is 5.75 Å². The summed E-state index contributed by atoms with van der Waals surface area (Å²) < 4.78 is 34.7. The zero-order chi connectivity index (χ0) is 22.5. The molecule has 2 amide bonds. The van der Waals surface area contributed by atoms with Gasteiger partial charge in [-0.15, -0.1) is 0 Å². The number of amides is 2. The highest BCUT2D eigenvalue weighted by molar-refractivity contribution is 5.95. The zero-order valence-corrected chi connectivity index (χ0v) is 17.5. The molecule has 0 spiro atoms. The first kappa shape index (κ1) is 22.3. The Labute approximate surface area is 179 Å². The molecule has 0 aliphatic carbocycles. The fourth-order valence-corrected chi connectivity index (χ4v) is 3.37. The van der Waals surface area contributed by atoms with Gasteiger partial charge in [0.25, 0.3) is 0 Å². The fourth-order valence-electron chi connectivity index (χ4n) is 3.37. The molecule has 0 bridgehead atoms. The monoisotopic (exact) mass is 430 g/mol. The molecule has 0 saturated heterocycles. The topological polar surface area (TPSA) is 67.9 Å². The van der Waals surface area contributed by atoms with Gasteiger partial charge in [-0.1, -0.05) is 42.5 Å². The normalized spacial score (nSPS) is 16.5. The average Bonchev–Trinajstić information content (AvgIpc) is 2.71. The van der Waals surface area contributed by atoms with Crippen LogP contribution in [0.15, 0.2) is 65.9 Å². The minimum absolute atomic E-state index is 0.0152. The number of esters is 1. The number of carbonyl (C=O) groups excluding carboxylic acids is 2. The SMILES string of the molecule is CC1=C(C(=O)OC(C)C)C(c2ccc(OC(F)F)cc2)NC(=O)N1Cc1ccccc1. The lowest BCUT2D eigenvalue weighted by Crippen LogP contribution is -2.47. The second-order valence-electron chi connectivity index (χ2n) is 7.35. The molecule has 1 aliphatic heterocycles. The van der Waals surface area contributed by atoms with Crippen molar-refractivity contribution in [1.29, 1.82) is 0 Å². The molecule has 1 heterocycles. The van der Waals surface area contributed by atoms with Gasteiger partial charge in [-0.3, -0.25) is 4.90 Å². The van der Waals surface area contributed by atoms with Crippen LogP contribution in [0.3, 0.4) is 0 Å². The van der Waals surface area contributed by atoms with E-state index in [2.05, 4.69) is 10.1 Å². The number of nitrogens with zero attached hydrogens (tertiary/aromatic N) is 1. The van der Waals surface area contributed by atoms with Crippen molar-refractivity contribution >= 4 is 12.0 Å². The zero-order valence-electron chi connectivity index (χ0n) is 17.5. The van der Waals surface area contributed by atoms with E-state index in [0.29, 0.717) is 11.3 Å². The molecule has 1 N–H and O–H groups in total. The van der Waals surface area contributed by atoms with Gasteiger partial charge in [-0.05, 0) is 44.0 Å². The summed E-state index contributed by atoms with van der Waals surface area (Å²) in [4.78, 5) is 27.3. The first-order chi connectivity index (χ1) is 14.8. The van der Waals surface area contributed by atoms with Crippen LogP contribution in [0, 0.1) is 0 Å². The van der Waals surface area contributed by atoms with E-state index in [0.717, 1.165) is 5.56 Å². The highest BCUT2D eigenvalue weighted by Crippen LogP contribution is 2.33. The summed E-state index contributed by atoms with van der Waals surface area (Å²) in [5, 5.41) is 2.84. The molecule has 1 unspecified atom stereocenters. The number of carbonyl (C=O) groups is 2. The summed E-state index contributed by atoms with van der Waals surface area (Å²) in [5.74, 6) is -0.568. The van der Waals surface area contributed by atoms with E-state index in [4.69, 9.17) is 4.74 Å². The Bertz CT molecular complexity index is 959. The Hall–Kier alpha value is -3.42. The van der Waals surface area contributed by atoms with Crippen molar-refractivity contribution in [3.8, 4) is 5.75 Å². The molecule has 0 aromatic heterocycles. The van der Waals surface area contributed by atoms with Gasteiger partial charge < -0.3 is 14.8 Å². The first-order valence-electron chi connectivity index (χ1n) is 9.84. The van der Waals surface area contributed by atoms with Crippen molar-refractivity contribution in [3.63, 3.8) is 0 Å². The molecule has 2 aromatic rings. The number of hydrogen-bond acceptors (Lipinski definition) is 4. The van der Waals surface area contributed by atoms with Crippen molar-refractivity contribution in [2.45, 2.75) is 46.1 Å². The molecule has 0 fully saturated rings. The molecule has 0 radical (unpaired) electrons. The maximum atomic E-state index is 12.9.